The number of aromatic nitrogens is 2. The van der Waals surface area contributed by atoms with Gasteiger partial charge in [-0.1, -0.05) is 25.1 Å². The second-order valence-electron chi connectivity index (χ2n) is 5.99. The number of nitrogens with one attached hydrogen (secondary N) is 1. The number of amides is 1. The van der Waals surface area contributed by atoms with Gasteiger partial charge in [-0.3, -0.25) is 9.48 Å². The van der Waals surface area contributed by atoms with Crippen LogP contribution in [0.1, 0.15) is 36.2 Å². The van der Waals surface area contributed by atoms with Gasteiger partial charge >= 0.3 is 0 Å². The molecule has 2 aromatic carbocycles. The van der Waals surface area contributed by atoms with Gasteiger partial charge in [-0.2, -0.15) is 5.10 Å². The maximum Gasteiger partial charge on any atom is 0.251 e. The van der Waals surface area contributed by atoms with Crippen molar-refractivity contribution >= 4 is 16.8 Å². The summed E-state index contributed by atoms with van der Waals surface area (Å²) in [4.78, 5) is 12.3. The van der Waals surface area contributed by atoms with Crippen molar-refractivity contribution in [1.82, 2.24) is 15.1 Å². The molecule has 0 fully saturated rings. The summed E-state index contributed by atoms with van der Waals surface area (Å²) in [5, 5.41) is 8.32. The summed E-state index contributed by atoms with van der Waals surface area (Å²) < 4.78 is 14.8. The molecule has 124 valence electrons. The molecule has 3 aromatic rings. The molecule has 3 rings (SSSR count). The molecule has 1 aromatic heterocycles. The smallest absolute Gasteiger partial charge is 0.251 e. The van der Waals surface area contributed by atoms with E-state index in [1.54, 1.807) is 18.3 Å². The second kappa shape index (κ2) is 6.83. The number of rotatable bonds is 5. The molecule has 1 heterocycles. The van der Waals surface area contributed by atoms with Crippen LogP contribution in [0, 0.1) is 5.82 Å². The average Bonchev–Trinajstić information content (AvgIpc) is 2.99. The Morgan fingerprint density at radius 2 is 2.00 bits per heavy atom. The fourth-order valence-electron chi connectivity index (χ4n) is 2.51. The lowest BCUT2D eigenvalue weighted by molar-refractivity contribution is 0.0939. The van der Waals surface area contributed by atoms with Crippen LogP contribution < -0.4 is 5.32 Å². The third kappa shape index (κ3) is 3.45. The maximum absolute atomic E-state index is 13.0. The molecule has 0 aliphatic carbocycles. The SMILES string of the molecule is CCC(C)NC(=O)c1ccc2cnn(Cc3ccc(F)cc3)c2c1. The van der Waals surface area contributed by atoms with E-state index in [9.17, 15) is 9.18 Å². The van der Waals surface area contributed by atoms with Gasteiger partial charge in [-0.05, 0) is 43.2 Å². The number of fused-ring (bicyclic) bond motifs is 1. The molecule has 0 aliphatic heterocycles. The van der Waals surface area contributed by atoms with Gasteiger partial charge in [-0.25, -0.2) is 4.39 Å². The predicted molar refractivity (Wildman–Crippen MR) is 92.5 cm³/mol. The Labute approximate surface area is 140 Å². The minimum atomic E-state index is -0.256. The lowest BCUT2D eigenvalue weighted by Gasteiger charge is -2.11. The molecular weight excluding hydrogens is 305 g/mol. The average molecular weight is 325 g/mol. The van der Waals surface area contributed by atoms with Crippen molar-refractivity contribution in [2.24, 2.45) is 0 Å². The Balaban J connectivity index is 1.88. The second-order valence-corrected chi connectivity index (χ2v) is 5.99. The first-order valence-electron chi connectivity index (χ1n) is 8.07. The van der Waals surface area contributed by atoms with Gasteiger partial charge in [0.2, 0.25) is 0 Å². The van der Waals surface area contributed by atoms with Gasteiger partial charge in [0.25, 0.3) is 5.91 Å². The highest BCUT2D eigenvalue weighted by Gasteiger charge is 2.11. The van der Waals surface area contributed by atoms with Gasteiger partial charge in [0.05, 0.1) is 18.3 Å². The van der Waals surface area contributed by atoms with Crippen molar-refractivity contribution in [3.63, 3.8) is 0 Å². The largest absolute Gasteiger partial charge is 0.350 e. The third-order valence-corrected chi connectivity index (χ3v) is 4.14. The Morgan fingerprint density at radius 3 is 2.71 bits per heavy atom. The molecule has 1 N–H and O–H groups in total. The molecule has 0 bridgehead atoms. The normalized spacial score (nSPS) is 12.3. The van der Waals surface area contributed by atoms with Gasteiger partial charge in [-0.15, -0.1) is 0 Å². The predicted octanol–water partition coefficient (Wildman–Crippen LogP) is 3.75. The van der Waals surface area contributed by atoms with Gasteiger partial charge in [0.15, 0.2) is 0 Å². The molecule has 1 amide bonds. The number of carbonyl (C=O) groups is 1. The number of carbonyl (C=O) groups excluding carboxylic acids is 1. The van der Waals surface area contributed by atoms with Crippen LogP contribution in [-0.4, -0.2) is 21.7 Å². The van der Waals surface area contributed by atoms with Gasteiger partial charge in [0, 0.05) is 17.0 Å². The Bertz CT molecular complexity index is 855. The molecule has 24 heavy (non-hydrogen) atoms. The van der Waals surface area contributed by atoms with Crippen LogP contribution in [0.25, 0.3) is 10.9 Å². The lowest BCUT2D eigenvalue weighted by atomic mass is 10.1. The molecule has 0 radical (unpaired) electrons. The molecule has 1 unspecified atom stereocenters. The minimum Gasteiger partial charge on any atom is -0.350 e. The Hall–Kier alpha value is -2.69. The van der Waals surface area contributed by atoms with Crippen LogP contribution in [-0.2, 0) is 6.54 Å². The summed E-state index contributed by atoms with van der Waals surface area (Å²) >= 11 is 0. The van der Waals surface area contributed by atoms with E-state index >= 15 is 0 Å². The van der Waals surface area contributed by atoms with E-state index in [4.69, 9.17) is 0 Å². The molecular formula is C19H20FN3O. The van der Waals surface area contributed by atoms with Crippen LogP contribution in [0.15, 0.2) is 48.7 Å². The van der Waals surface area contributed by atoms with Crippen LogP contribution in [0.4, 0.5) is 4.39 Å². The number of hydrogen-bond acceptors (Lipinski definition) is 2. The zero-order valence-corrected chi connectivity index (χ0v) is 13.8. The van der Waals surface area contributed by atoms with Crippen LogP contribution in [0.5, 0.6) is 0 Å². The Morgan fingerprint density at radius 1 is 1.25 bits per heavy atom. The zero-order valence-electron chi connectivity index (χ0n) is 13.8. The van der Waals surface area contributed by atoms with E-state index in [0.717, 1.165) is 22.9 Å². The fourth-order valence-corrected chi connectivity index (χ4v) is 2.51. The molecule has 0 aliphatic rings. The molecule has 5 heteroatoms. The molecule has 0 saturated heterocycles. The van der Waals surface area contributed by atoms with Crippen LogP contribution in [0.2, 0.25) is 0 Å². The number of halogens is 1. The number of nitrogens with zero attached hydrogens (tertiary/aromatic N) is 2. The van der Waals surface area contributed by atoms with Crippen molar-refractivity contribution in [2.75, 3.05) is 0 Å². The van der Waals surface area contributed by atoms with Gasteiger partial charge in [0.1, 0.15) is 5.82 Å². The first-order chi connectivity index (χ1) is 11.6. The van der Waals surface area contributed by atoms with E-state index < -0.39 is 0 Å². The summed E-state index contributed by atoms with van der Waals surface area (Å²) in [6, 6.07) is 12.0. The van der Waals surface area contributed by atoms with Crippen molar-refractivity contribution < 1.29 is 9.18 Å². The minimum absolute atomic E-state index is 0.0826. The Kier molecular flexibility index (Phi) is 4.60. The van der Waals surface area contributed by atoms with Gasteiger partial charge < -0.3 is 5.32 Å². The molecule has 0 saturated carbocycles. The van der Waals surface area contributed by atoms with Crippen LogP contribution in [0.3, 0.4) is 0 Å². The maximum atomic E-state index is 13.0. The van der Waals surface area contributed by atoms with E-state index in [-0.39, 0.29) is 17.8 Å². The highest BCUT2D eigenvalue weighted by atomic mass is 19.1. The summed E-state index contributed by atoms with van der Waals surface area (Å²) in [6.45, 7) is 4.54. The highest BCUT2D eigenvalue weighted by Crippen LogP contribution is 2.17. The number of hydrogen-bond donors (Lipinski definition) is 1. The third-order valence-electron chi connectivity index (χ3n) is 4.14. The molecule has 0 spiro atoms. The summed E-state index contributed by atoms with van der Waals surface area (Å²) in [5.74, 6) is -0.339. The summed E-state index contributed by atoms with van der Waals surface area (Å²) in [5.41, 5.74) is 2.45. The monoisotopic (exact) mass is 325 g/mol. The van der Waals surface area contributed by atoms with Crippen molar-refractivity contribution in [3.8, 4) is 0 Å². The number of benzene rings is 2. The first kappa shape index (κ1) is 16.2. The van der Waals surface area contributed by atoms with Crippen molar-refractivity contribution in [2.45, 2.75) is 32.9 Å². The van der Waals surface area contributed by atoms with Crippen LogP contribution >= 0.6 is 0 Å². The topological polar surface area (TPSA) is 46.9 Å². The summed E-state index contributed by atoms with van der Waals surface area (Å²) in [7, 11) is 0. The van der Waals surface area contributed by atoms with Crippen molar-refractivity contribution in [1.29, 1.82) is 0 Å². The first-order valence-corrected chi connectivity index (χ1v) is 8.07. The zero-order chi connectivity index (χ0) is 17.1. The van der Waals surface area contributed by atoms with E-state index in [0.29, 0.717) is 12.1 Å². The molecule has 4 nitrogen and oxygen atoms in total. The van der Waals surface area contributed by atoms with E-state index in [1.807, 2.05) is 36.7 Å². The summed E-state index contributed by atoms with van der Waals surface area (Å²) in [6.07, 6.45) is 2.66. The van der Waals surface area contributed by atoms with E-state index in [1.165, 1.54) is 12.1 Å². The molecule has 1 atom stereocenters. The lowest BCUT2D eigenvalue weighted by Crippen LogP contribution is -2.31. The standard InChI is InChI=1S/C19H20FN3O/c1-3-13(2)22-19(24)15-6-7-16-11-21-23(18(16)10-15)12-14-4-8-17(20)9-5-14/h4-11,13H,3,12H2,1-2H3,(H,22,24). The highest BCUT2D eigenvalue weighted by molar-refractivity contribution is 5.98. The quantitative estimate of drug-likeness (QED) is 0.776. The fraction of sp³-hybridized carbons (Fsp3) is 0.263. The van der Waals surface area contributed by atoms with Crippen molar-refractivity contribution in [3.05, 3.63) is 65.6 Å². The van der Waals surface area contributed by atoms with E-state index in [2.05, 4.69) is 10.4 Å².